The number of halogens is 2. The second-order valence-electron chi connectivity index (χ2n) is 5.32. The smallest absolute Gasteiger partial charge is 0.349 e. The van der Waals surface area contributed by atoms with Crippen molar-refractivity contribution in [3.8, 4) is 0 Å². The molecule has 0 aliphatic carbocycles. The van der Waals surface area contributed by atoms with E-state index in [-0.39, 0.29) is 0 Å². The molecule has 0 spiro atoms. The fourth-order valence-corrected chi connectivity index (χ4v) is 3.43. The van der Waals surface area contributed by atoms with Gasteiger partial charge < -0.3 is 10.1 Å². The van der Waals surface area contributed by atoms with Crippen molar-refractivity contribution in [2.24, 2.45) is 0 Å². The molecule has 1 atom stereocenters. The van der Waals surface area contributed by atoms with Crippen LogP contribution in [0, 0.1) is 0 Å². The van der Waals surface area contributed by atoms with Crippen molar-refractivity contribution < 1.29 is 14.3 Å². The summed E-state index contributed by atoms with van der Waals surface area (Å²) in [4.78, 5) is 25.5. The first-order valence-electron chi connectivity index (χ1n) is 7.59. The molecule has 1 amide bonds. The van der Waals surface area contributed by atoms with Crippen molar-refractivity contribution in [3.63, 3.8) is 0 Å². The van der Waals surface area contributed by atoms with Crippen LogP contribution in [-0.4, -0.2) is 11.9 Å². The van der Waals surface area contributed by atoms with Gasteiger partial charge in [0, 0.05) is 21.3 Å². The first kappa shape index (κ1) is 18.5. The lowest BCUT2D eigenvalue weighted by Crippen LogP contribution is -2.25. The molecule has 0 unspecified atom stereocenters. The highest BCUT2D eigenvalue weighted by Gasteiger charge is 2.26. The maximum absolute atomic E-state index is 12.8. The zero-order chi connectivity index (χ0) is 18.5. The van der Waals surface area contributed by atoms with Gasteiger partial charge in [0.15, 0.2) is 0 Å². The first-order valence-corrected chi connectivity index (χ1v) is 9.23. The summed E-state index contributed by atoms with van der Waals surface area (Å²) in [5.41, 5.74) is 0.976. The molecule has 1 heterocycles. The van der Waals surface area contributed by atoms with Gasteiger partial charge in [0.1, 0.15) is 4.88 Å². The second kappa shape index (κ2) is 8.36. The molecule has 0 aliphatic rings. The number of amides is 1. The number of carbonyl (C=O) groups excluding carboxylic acids is 2. The van der Waals surface area contributed by atoms with Gasteiger partial charge in [-0.15, -0.1) is 11.3 Å². The average Bonchev–Trinajstić information content (AvgIpc) is 3.14. The van der Waals surface area contributed by atoms with Crippen molar-refractivity contribution >= 4 is 52.1 Å². The zero-order valence-corrected chi connectivity index (χ0v) is 15.6. The molecule has 2 aromatic carbocycles. The molecule has 1 aromatic heterocycles. The van der Waals surface area contributed by atoms with Crippen LogP contribution in [0.1, 0.15) is 21.3 Å². The highest BCUT2D eigenvalue weighted by atomic mass is 35.5. The van der Waals surface area contributed by atoms with E-state index in [4.69, 9.17) is 27.9 Å². The third kappa shape index (κ3) is 4.64. The van der Waals surface area contributed by atoms with Crippen molar-refractivity contribution in [1.82, 2.24) is 0 Å². The number of anilines is 1. The summed E-state index contributed by atoms with van der Waals surface area (Å²) in [6.45, 7) is 0. The van der Waals surface area contributed by atoms with Crippen molar-refractivity contribution in [2.75, 3.05) is 5.32 Å². The lowest BCUT2D eigenvalue weighted by Gasteiger charge is -2.18. The Morgan fingerprint density at radius 1 is 0.962 bits per heavy atom. The Labute approximate surface area is 164 Å². The number of rotatable bonds is 5. The van der Waals surface area contributed by atoms with Gasteiger partial charge in [0.2, 0.25) is 6.10 Å². The molecule has 0 saturated carbocycles. The molecular weight excluding hydrogens is 393 g/mol. The first-order chi connectivity index (χ1) is 12.5. The topological polar surface area (TPSA) is 55.4 Å². The average molecular weight is 406 g/mol. The number of ether oxygens (including phenoxy) is 1. The van der Waals surface area contributed by atoms with Crippen LogP contribution in [0.4, 0.5) is 5.69 Å². The fourth-order valence-electron chi connectivity index (χ4n) is 2.29. The van der Waals surface area contributed by atoms with Gasteiger partial charge in [-0.05, 0) is 29.6 Å². The Balaban J connectivity index is 1.85. The number of thiophene rings is 1. The standard InChI is InChI=1S/C19H13Cl2NO3S/c20-13-9-14(21)11-15(10-13)22-18(23)17(12-5-2-1-3-6-12)25-19(24)16-7-4-8-26-16/h1-11,17H,(H,22,23)/t17-/m0/s1. The third-order valence-electron chi connectivity index (χ3n) is 3.42. The van der Waals surface area contributed by atoms with E-state index < -0.39 is 18.0 Å². The Morgan fingerprint density at radius 3 is 2.27 bits per heavy atom. The minimum atomic E-state index is -1.11. The third-order valence-corrected chi connectivity index (χ3v) is 4.70. The van der Waals surface area contributed by atoms with Crippen molar-refractivity contribution in [1.29, 1.82) is 0 Å². The summed E-state index contributed by atoms with van der Waals surface area (Å²) in [6, 6.07) is 16.9. The van der Waals surface area contributed by atoms with Gasteiger partial charge >= 0.3 is 5.97 Å². The second-order valence-corrected chi connectivity index (χ2v) is 7.14. The molecule has 3 rings (SSSR count). The van der Waals surface area contributed by atoms with Gasteiger partial charge in [-0.1, -0.05) is 59.6 Å². The van der Waals surface area contributed by atoms with E-state index in [9.17, 15) is 9.59 Å². The van der Waals surface area contributed by atoms with E-state index >= 15 is 0 Å². The molecule has 4 nitrogen and oxygen atoms in total. The molecular formula is C19H13Cl2NO3S. The monoisotopic (exact) mass is 405 g/mol. The van der Waals surface area contributed by atoms with Crippen LogP contribution >= 0.6 is 34.5 Å². The van der Waals surface area contributed by atoms with E-state index in [1.165, 1.54) is 11.3 Å². The van der Waals surface area contributed by atoms with Crippen LogP contribution in [0.3, 0.4) is 0 Å². The SMILES string of the molecule is O=C(O[C@H](C(=O)Nc1cc(Cl)cc(Cl)c1)c1ccccc1)c1cccs1. The number of esters is 1. The highest BCUT2D eigenvalue weighted by molar-refractivity contribution is 7.11. The Morgan fingerprint density at radius 2 is 1.65 bits per heavy atom. The van der Waals surface area contributed by atoms with Gasteiger partial charge in [0.25, 0.3) is 5.91 Å². The molecule has 0 saturated heterocycles. The van der Waals surface area contributed by atoms with E-state index in [1.807, 2.05) is 6.07 Å². The molecule has 0 bridgehead atoms. The van der Waals surface area contributed by atoms with Gasteiger partial charge in [0.05, 0.1) is 0 Å². The molecule has 132 valence electrons. The number of benzene rings is 2. The molecule has 1 N–H and O–H groups in total. The number of carbonyl (C=O) groups is 2. The lowest BCUT2D eigenvalue weighted by molar-refractivity contribution is -0.125. The predicted octanol–water partition coefficient (Wildman–Crippen LogP) is 5.59. The van der Waals surface area contributed by atoms with Crippen molar-refractivity contribution in [3.05, 3.63) is 86.5 Å². The summed E-state index contributed by atoms with van der Waals surface area (Å²) < 4.78 is 5.47. The van der Waals surface area contributed by atoms with Crippen LogP contribution in [0.5, 0.6) is 0 Å². The summed E-state index contributed by atoms with van der Waals surface area (Å²) in [6.07, 6.45) is -1.11. The molecule has 0 aliphatic heterocycles. The molecule has 0 fully saturated rings. The van der Waals surface area contributed by atoms with Crippen molar-refractivity contribution in [2.45, 2.75) is 6.10 Å². The maximum Gasteiger partial charge on any atom is 0.349 e. The van der Waals surface area contributed by atoms with Crippen LogP contribution in [0.2, 0.25) is 10.0 Å². The maximum atomic E-state index is 12.8. The normalized spacial score (nSPS) is 11.6. The van der Waals surface area contributed by atoms with Gasteiger partial charge in [-0.3, -0.25) is 4.79 Å². The Kier molecular flexibility index (Phi) is 5.93. The molecule has 0 radical (unpaired) electrons. The van der Waals surface area contributed by atoms with Gasteiger partial charge in [-0.25, -0.2) is 4.79 Å². The largest absolute Gasteiger partial charge is 0.443 e. The number of hydrogen-bond donors (Lipinski definition) is 1. The van der Waals surface area contributed by atoms with Crippen LogP contribution in [-0.2, 0) is 9.53 Å². The highest BCUT2D eigenvalue weighted by Crippen LogP contribution is 2.26. The van der Waals surface area contributed by atoms with Gasteiger partial charge in [-0.2, -0.15) is 0 Å². The summed E-state index contributed by atoms with van der Waals surface area (Å²) in [5, 5.41) is 5.23. The Bertz CT molecular complexity index is 894. The van der Waals surface area contributed by atoms with E-state index in [1.54, 1.807) is 60.0 Å². The lowest BCUT2D eigenvalue weighted by atomic mass is 10.1. The van der Waals surface area contributed by atoms with E-state index in [0.717, 1.165) is 0 Å². The minimum absolute atomic E-state index is 0.389. The van der Waals surface area contributed by atoms with E-state index in [2.05, 4.69) is 5.32 Å². The van der Waals surface area contributed by atoms with Crippen LogP contribution < -0.4 is 5.32 Å². The van der Waals surface area contributed by atoms with E-state index in [0.29, 0.717) is 26.2 Å². The molecule has 3 aromatic rings. The molecule has 26 heavy (non-hydrogen) atoms. The summed E-state index contributed by atoms with van der Waals surface area (Å²) in [7, 11) is 0. The summed E-state index contributed by atoms with van der Waals surface area (Å²) >= 11 is 13.2. The minimum Gasteiger partial charge on any atom is -0.443 e. The fraction of sp³-hybridized carbons (Fsp3) is 0.0526. The number of hydrogen-bond acceptors (Lipinski definition) is 4. The predicted molar refractivity (Wildman–Crippen MR) is 104 cm³/mol. The number of nitrogens with one attached hydrogen (secondary N) is 1. The van der Waals surface area contributed by atoms with Crippen LogP contribution in [0.25, 0.3) is 0 Å². The molecule has 7 heteroatoms. The summed E-state index contributed by atoms with van der Waals surface area (Å²) in [5.74, 6) is -1.06. The zero-order valence-electron chi connectivity index (χ0n) is 13.3. The van der Waals surface area contributed by atoms with Crippen LogP contribution in [0.15, 0.2) is 66.0 Å². The Hall–Kier alpha value is -2.34. The quantitative estimate of drug-likeness (QED) is 0.562.